The minimum Gasteiger partial charge on any atom is -0.463 e. The lowest BCUT2D eigenvalue weighted by Gasteiger charge is -2.38. The number of carbonyl (C=O) groups is 3. The fourth-order valence-corrected chi connectivity index (χ4v) is 2.73. The van der Waals surface area contributed by atoms with Crippen molar-refractivity contribution in [3.05, 3.63) is 0 Å². The van der Waals surface area contributed by atoms with Crippen LogP contribution in [0.3, 0.4) is 0 Å². The Labute approximate surface area is 122 Å². The lowest BCUT2D eigenvalue weighted by molar-refractivity contribution is -0.199. The monoisotopic (exact) mass is 352 g/mol. The van der Waals surface area contributed by atoms with Gasteiger partial charge in [0.25, 0.3) is 0 Å². The van der Waals surface area contributed by atoms with Gasteiger partial charge in [-0.25, -0.2) is 4.79 Å². The number of halogens is 1. The summed E-state index contributed by atoms with van der Waals surface area (Å²) in [5.74, 6) is -1.07. The maximum atomic E-state index is 11.2. The minimum atomic E-state index is -0.905. The van der Waals surface area contributed by atoms with Crippen molar-refractivity contribution in [3.63, 3.8) is 0 Å². The van der Waals surface area contributed by atoms with Crippen LogP contribution in [0.15, 0.2) is 0 Å². The zero-order chi connectivity index (χ0) is 14.9. The van der Waals surface area contributed by atoms with Crippen LogP contribution in [0.4, 0.5) is 4.79 Å². The first-order chi connectivity index (χ1) is 9.38. The molecule has 2 aliphatic heterocycles. The number of rotatable bonds is 3. The topological polar surface area (TPSA) is 97.4 Å². The van der Waals surface area contributed by atoms with Gasteiger partial charge < -0.3 is 23.7 Å². The standard InChI is InChI=1S/C11H13BrO8/c1-4(13)16-3-6-7(17-5(2)14)8-9(10(12)18-6)20-11(15)19-8/h6-10H,3H2,1-2H3. The summed E-state index contributed by atoms with van der Waals surface area (Å²) in [6.07, 6.45) is -4.08. The average molecular weight is 353 g/mol. The van der Waals surface area contributed by atoms with Gasteiger partial charge >= 0.3 is 18.1 Å². The van der Waals surface area contributed by atoms with E-state index >= 15 is 0 Å². The lowest BCUT2D eigenvalue weighted by atomic mass is 10.0. The Kier molecular flexibility index (Phi) is 4.48. The van der Waals surface area contributed by atoms with Crippen LogP contribution in [-0.4, -0.2) is 54.1 Å². The van der Waals surface area contributed by atoms with Crippen LogP contribution in [0.5, 0.6) is 0 Å². The van der Waals surface area contributed by atoms with Gasteiger partial charge in [-0.2, -0.15) is 0 Å². The minimum absolute atomic E-state index is 0.129. The van der Waals surface area contributed by atoms with Crippen LogP contribution in [-0.2, 0) is 33.3 Å². The fraction of sp³-hybridized carbons (Fsp3) is 0.727. The largest absolute Gasteiger partial charge is 0.509 e. The molecule has 0 aromatic heterocycles. The lowest BCUT2D eigenvalue weighted by Crippen LogP contribution is -2.57. The molecule has 0 aliphatic carbocycles. The number of hydrogen-bond acceptors (Lipinski definition) is 8. The van der Waals surface area contributed by atoms with E-state index in [9.17, 15) is 14.4 Å². The highest BCUT2D eigenvalue weighted by Crippen LogP contribution is 2.35. The van der Waals surface area contributed by atoms with Gasteiger partial charge in [-0.3, -0.25) is 9.59 Å². The molecule has 0 bridgehead atoms. The zero-order valence-electron chi connectivity index (χ0n) is 10.7. The van der Waals surface area contributed by atoms with Gasteiger partial charge in [0.05, 0.1) is 0 Å². The van der Waals surface area contributed by atoms with E-state index in [0.29, 0.717) is 0 Å². The number of fused-ring (bicyclic) bond motifs is 1. The van der Waals surface area contributed by atoms with E-state index < -0.39 is 47.5 Å². The average Bonchev–Trinajstić information content (AvgIpc) is 2.72. The maximum absolute atomic E-state index is 11.2. The van der Waals surface area contributed by atoms with E-state index in [2.05, 4.69) is 15.9 Å². The molecule has 9 heteroatoms. The first kappa shape index (κ1) is 15.0. The highest BCUT2D eigenvalue weighted by atomic mass is 79.9. The molecule has 0 spiro atoms. The smallest absolute Gasteiger partial charge is 0.463 e. The molecule has 2 rings (SSSR count). The van der Waals surface area contributed by atoms with Crippen LogP contribution in [0.1, 0.15) is 13.8 Å². The molecule has 2 saturated heterocycles. The van der Waals surface area contributed by atoms with Crippen molar-refractivity contribution in [2.24, 2.45) is 0 Å². The molecule has 0 amide bonds. The summed E-state index contributed by atoms with van der Waals surface area (Å²) in [6, 6.07) is 0. The number of esters is 2. The summed E-state index contributed by atoms with van der Waals surface area (Å²) < 4.78 is 25.4. The normalized spacial score (nSPS) is 35.5. The molecular formula is C11H13BrO8. The summed E-state index contributed by atoms with van der Waals surface area (Å²) in [5, 5.41) is -0.647. The van der Waals surface area contributed by atoms with E-state index in [-0.39, 0.29) is 6.61 Å². The van der Waals surface area contributed by atoms with Crippen LogP contribution >= 0.6 is 15.9 Å². The molecule has 0 aromatic carbocycles. The van der Waals surface area contributed by atoms with E-state index in [1.165, 1.54) is 13.8 Å². The SMILES string of the molecule is CC(=O)OCC1OC(Br)C2OC(=O)OC2C1OC(C)=O. The van der Waals surface area contributed by atoms with Gasteiger partial charge in [0.15, 0.2) is 23.3 Å². The molecule has 112 valence electrons. The summed E-state index contributed by atoms with van der Waals surface area (Å²) >= 11 is 3.20. The number of carbonyl (C=O) groups excluding carboxylic acids is 3. The van der Waals surface area contributed by atoms with Crippen molar-refractivity contribution in [2.45, 2.75) is 43.3 Å². The number of alkyl halides is 1. The molecule has 0 saturated carbocycles. The molecule has 2 fully saturated rings. The third kappa shape index (κ3) is 3.21. The predicted molar refractivity (Wildman–Crippen MR) is 64.9 cm³/mol. The summed E-state index contributed by atoms with van der Waals surface area (Å²) in [5.41, 5.74) is 0. The van der Waals surface area contributed by atoms with Crippen molar-refractivity contribution >= 4 is 34.0 Å². The Hall–Kier alpha value is -1.35. The van der Waals surface area contributed by atoms with Crippen molar-refractivity contribution in [1.82, 2.24) is 0 Å². The van der Waals surface area contributed by atoms with Gasteiger partial charge in [-0.1, -0.05) is 15.9 Å². The molecule has 8 nitrogen and oxygen atoms in total. The summed E-state index contributed by atoms with van der Waals surface area (Å²) in [7, 11) is 0. The molecule has 0 aromatic rings. The third-order valence-electron chi connectivity index (χ3n) is 2.79. The molecule has 0 N–H and O–H groups in total. The molecule has 5 unspecified atom stereocenters. The first-order valence-electron chi connectivity index (χ1n) is 5.86. The third-order valence-corrected chi connectivity index (χ3v) is 3.53. The van der Waals surface area contributed by atoms with Crippen molar-refractivity contribution < 1.29 is 38.1 Å². The number of ether oxygens (including phenoxy) is 5. The van der Waals surface area contributed by atoms with Crippen LogP contribution in [0.25, 0.3) is 0 Å². The second-order valence-electron chi connectivity index (χ2n) is 4.32. The van der Waals surface area contributed by atoms with Gasteiger partial charge in [0.1, 0.15) is 12.7 Å². The van der Waals surface area contributed by atoms with Crippen LogP contribution in [0, 0.1) is 0 Å². The molecule has 2 heterocycles. The Morgan fingerprint density at radius 1 is 1.20 bits per heavy atom. The molecular weight excluding hydrogens is 340 g/mol. The Morgan fingerprint density at radius 3 is 2.45 bits per heavy atom. The van der Waals surface area contributed by atoms with E-state index in [0.717, 1.165) is 0 Å². The Morgan fingerprint density at radius 2 is 1.85 bits per heavy atom. The van der Waals surface area contributed by atoms with Crippen molar-refractivity contribution in [1.29, 1.82) is 0 Å². The van der Waals surface area contributed by atoms with Crippen molar-refractivity contribution in [2.75, 3.05) is 6.61 Å². The van der Waals surface area contributed by atoms with E-state index in [1.54, 1.807) is 0 Å². The first-order valence-corrected chi connectivity index (χ1v) is 6.77. The van der Waals surface area contributed by atoms with Crippen molar-refractivity contribution in [3.8, 4) is 0 Å². The van der Waals surface area contributed by atoms with E-state index in [1.807, 2.05) is 0 Å². The highest BCUT2D eigenvalue weighted by Gasteiger charge is 2.55. The van der Waals surface area contributed by atoms with Gasteiger partial charge in [-0.05, 0) is 0 Å². The second kappa shape index (κ2) is 5.96. The van der Waals surface area contributed by atoms with Crippen LogP contribution < -0.4 is 0 Å². The predicted octanol–water partition coefficient (Wildman–Crippen LogP) is 0.505. The van der Waals surface area contributed by atoms with Gasteiger partial charge in [-0.15, -0.1) is 0 Å². The van der Waals surface area contributed by atoms with Gasteiger partial charge in [0.2, 0.25) is 0 Å². The maximum Gasteiger partial charge on any atom is 0.509 e. The molecule has 0 radical (unpaired) electrons. The Bertz CT molecular complexity index is 425. The fourth-order valence-electron chi connectivity index (χ4n) is 2.04. The Balaban J connectivity index is 2.14. The number of hydrogen-bond donors (Lipinski definition) is 0. The molecule has 2 aliphatic rings. The zero-order valence-corrected chi connectivity index (χ0v) is 12.3. The van der Waals surface area contributed by atoms with Gasteiger partial charge in [0, 0.05) is 13.8 Å². The second-order valence-corrected chi connectivity index (χ2v) is 5.22. The van der Waals surface area contributed by atoms with E-state index in [4.69, 9.17) is 23.7 Å². The molecule has 5 atom stereocenters. The summed E-state index contributed by atoms with van der Waals surface area (Å²) in [6.45, 7) is 2.34. The summed E-state index contributed by atoms with van der Waals surface area (Å²) in [4.78, 5) is 33.3. The van der Waals surface area contributed by atoms with Crippen LogP contribution in [0.2, 0.25) is 0 Å². The quantitative estimate of drug-likeness (QED) is 0.411. The highest BCUT2D eigenvalue weighted by molar-refractivity contribution is 9.09. The molecule has 20 heavy (non-hydrogen) atoms.